The maximum absolute atomic E-state index is 13.9. The van der Waals surface area contributed by atoms with Gasteiger partial charge in [0.05, 0.1) is 27.7 Å². The minimum absolute atomic E-state index is 0.0542. The molecule has 2 aromatic carbocycles. The monoisotopic (exact) mass is 490 g/mol. The Morgan fingerprint density at radius 1 is 1.36 bits per heavy atom. The molecule has 0 aliphatic rings. The Balaban J connectivity index is 1.96. The van der Waals surface area contributed by atoms with E-state index in [1.165, 1.54) is 31.6 Å². The van der Waals surface area contributed by atoms with Crippen molar-refractivity contribution in [3.8, 4) is 11.8 Å². The lowest BCUT2D eigenvalue weighted by molar-refractivity contribution is -0.126. The first-order chi connectivity index (χ1) is 15.6. The standard InChI is InChI=1S/C21H20ClFN6O3S/c1-12(21(30)25-7-6-24)32-18-8-13(23)4-5-16(18)28-20-19-15(22)9-14(29-33(2,3)31)10-17(19)26-11-27-20/h4-5,8-12H,2,7H2,1,3H3,(H,25,30)(H,29,31)(H,26,27,28)/t12-,33?/m1/s1. The van der Waals surface area contributed by atoms with Crippen molar-refractivity contribution in [1.82, 2.24) is 15.3 Å². The van der Waals surface area contributed by atoms with Crippen LogP contribution in [0.15, 0.2) is 36.7 Å². The Labute approximate surface area is 195 Å². The van der Waals surface area contributed by atoms with Gasteiger partial charge in [-0.25, -0.2) is 18.6 Å². The molecule has 0 saturated heterocycles. The van der Waals surface area contributed by atoms with Crippen LogP contribution >= 0.6 is 11.6 Å². The molecule has 2 atom stereocenters. The number of carbonyl (C=O) groups is 1. The Hall–Kier alpha value is -3.62. The van der Waals surface area contributed by atoms with Gasteiger partial charge in [-0.15, -0.1) is 0 Å². The summed E-state index contributed by atoms with van der Waals surface area (Å²) in [6.45, 7) is 1.30. The number of aromatic nitrogens is 2. The Morgan fingerprint density at radius 3 is 2.82 bits per heavy atom. The van der Waals surface area contributed by atoms with E-state index in [0.717, 1.165) is 6.07 Å². The molecule has 0 aliphatic carbocycles. The number of nitrogens with one attached hydrogen (secondary N) is 3. The van der Waals surface area contributed by atoms with Crippen molar-refractivity contribution >= 4 is 61.2 Å². The summed E-state index contributed by atoms with van der Waals surface area (Å²) < 4.78 is 34.3. The molecule has 33 heavy (non-hydrogen) atoms. The number of hydrogen-bond donors (Lipinski definition) is 3. The van der Waals surface area contributed by atoms with E-state index in [-0.39, 0.29) is 17.3 Å². The largest absolute Gasteiger partial charge is 0.479 e. The van der Waals surface area contributed by atoms with Gasteiger partial charge in [-0.1, -0.05) is 11.6 Å². The zero-order valence-electron chi connectivity index (χ0n) is 17.7. The number of anilines is 3. The van der Waals surface area contributed by atoms with Crippen LogP contribution in [0.1, 0.15) is 6.92 Å². The molecule has 3 N–H and O–H groups in total. The van der Waals surface area contributed by atoms with E-state index in [0.29, 0.717) is 28.1 Å². The van der Waals surface area contributed by atoms with Crippen LogP contribution in [-0.2, 0) is 14.5 Å². The number of hydrogen-bond acceptors (Lipinski definition) is 7. The lowest BCUT2D eigenvalue weighted by Gasteiger charge is -2.18. The molecular weight excluding hydrogens is 471 g/mol. The SMILES string of the molecule is C=S(C)(=O)Nc1cc(Cl)c2c(Nc3ccc(F)cc3O[C@H](C)C(=O)NCC#N)ncnc2c1. The summed E-state index contributed by atoms with van der Waals surface area (Å²) in [6, 6.07) is 8.77. The van der Waals surface area contributed by atoms with Crippen molar-refractivity contribution in [1.29, 1.82) is 5.26 Å². The highest BCUT2D eigenvalue weighted by Crippen LogP contribution is 2.35. The van der Waals surface area contributed by atoms with Crippen molar-refractivity contribution in [2.75, 3.05) is 22.8 Å². The summed E-state index contributed by atoms with van der Waals surface area (Å²) in [7, 11) is -2.53. The molecule has 0 saturated carbocycles. The zero-order chi connectivity index (χ0) is 24.2. The van der Waals surface area contributed by atoms with Crippen LogP contribution in [0.25, 0.3) is 10.9 Å². The summed E-state index contributed by atoms with van der Waals surface area (Å²) in [6.07, 6.45) is 1.77. The Kier molecular flexibility index (Phi) is 7.20. The molecule has 12 heteroatoms. The minimum Gasteiger partial charge on any atom is -0.479 e. The quantitative estimate of drug-likeness (QED) is 0.326. The number of ether oxygens (including phenoxy) is 1. The first-order valence-corrected chi connectivity index (χ1v) is 12.0. The van der Waals surface area contributed by atoms with Crippen molar-refractivity contribution in [2.24, 2.45) is 0 Å². The van der Waals surface area contributed by atoms with Crippen LogP contribution in [0, 0.1) is 17.1 Å². The van der Waals surface area contributed by atoms with Crippen LogP contribution in [0.5, 0.6) is 5.75 Å². The number of rotatable bonds is 8. The summed E-state index contributed by atoms with van der Waals surface area (Å²) in [5.41, 5.74) is 1.26. The van der Waals surface area contributed by atoms with E-state index < -0.39 is 27.5 Å². The first kappa shape index (κ1) is 24.0. The fraction of sp³-hybridized carbons (Fsp3) is 0.190. The number of nitrogens with zero attached hydrogens (tertiary/aromatic N) is 3. The van der Waals surface area contributed by atoms with Crippen molar-refractivity contribution in [3.05, 3.63) is 47.5 Å². The lowest BCUT2D eigenvalue weighted by Crippen LogP contribution is -2.36. The molecule has 1 aromatic heterocycles. The van der Waals surface area contributed by atoms with E-state index in [1.807, 2.05) is 0 Å². The van der Waals surface area contributed by atoms with Crippen LogP contribution in [0.2, 0.25) is 5.02 Å². The number of halogens is 2. The highest BCUT2D eigenvalue weighted by molar-refractivity contribution is 8.00. The van der Waals surface area contributed by atoms with Crippen LogP contribution in [0.4, 0.5) is 21.6 Å². The molecular formula is C21H20ClFN6O3S. The van der Waals surface area contributed by atoms with E-state index in [9.17, 15) is 13.4 Å². The summed E-state index contributed by atoms with van der Waals surface area (Å²) in [5, 5.41) is 14.8. The average molecular weight is 491 g/mol. The smallest absolute Gasteiger partial charge is 0.261 e. The second-order valence-corrected chi connectivity index (χ2v) is 9.70. The highest BCUT2D eigenvalue weighted by atomic mass is 35.5. The lowest BCUT2D eigenvalue weighted by atomic mass is 10.2. The molecule has 0 spiro atoms. The molecule has 0 aliphatic heterocycles. The topological polar surface area (TPSA) is 129 Å². The van der Waals surface area contributed by atoms with Gasteiger partial charge in [0.15, 0.2) is 6.10 Å². The molecule has 1 heterocycles. The van der Waals surface area contributed by atoms with Crippen molar-refractivity contribution in [3.63, 3.8) is 0 Å². The van der Waals surface area contributed by atoms with Crippen molar-refractivity contribution in [2.45, 2.75) is 13.0 Å². The summed E-state index contributed by atoms with van der Waals surface area (Å²) >= 11 is 6.46. The zero-order valence-corrected chi connectivity index (χ0v) is 19.3. The maximum atomic E-state index is 13.9. The van der Waals surface area contributed by atoms with E-state index in [1.54, 1.807) is 18.2 Å². The second-order valence-electron chi connectivity index (χ2n) is 7.08. The Bertz CT molecular complexity index is 1360. The number of fused-ring (bicyclic) bond motifs is 1. The van der Waals surface area contributed by atoms with Gasteiger partial charge in [0.1, 0.15) is 30.3 Å². The van der Waals surface area contributed by atoms with Crippen molar-refractivity contribution < 1.29 is 18.1 Å². The Morgan fingerprint density at radius 2 is 2.12 bits per heavy atom. The third-order valence-corrected chi connectivity index (χ3v) is 5.20. The molecule has 9 nitrogen and oxygen atoms in total. The number of carbonyl (C=O) groups excluding carboxylic acids is 1. The number of amides is 1. The van der Waals surface area contributed by atoms with Gasteiger partial charge < -0.3 is 20.1 Å². The fourth-order valence-electron chi connectivity index (χ4n) is 2.88. The first-order valence-electron chi connectivity index (χ1n) is 9.49. The molecule has 172 valence electrons. The fourth-order valence-corrected chi connectivity index (χ4v) is 3.80. The molecule has 0 radical (unpaired) electrons. The van der Waals surface area contributed by atoms with Crippen LogP contribution in [-0.4, -0.2) is 44.9 Å². The predicted octanol–water partition coefficient (Wildman–Crippen LogP) is 3.25. The van der Waals surface area contributed by atoms with E-state index in [4.69, 9.17) is 21.6 Å². The number of benzene rings is 2. The van der Waals surface area contributed by atoms with Gasteiger partial charge in [-0.05, 0) is 37.1 Å². The predicted molar refractivity (Wildman–Crippen MR) is 128 cm³/mol. The van der Waals surface area contributed by atoms with Gasteiger partial charge in [0.25, 0.3) is 5.91 Å². The molecule has 0 bridgehead atoms. The van der Waals surface area contributed by atoms with Crippen LogP contribution < -0.4 is 20.1 Å². The molecule has 0 fully saturated rings. The highest BCUT2D eigenvalue weighted by Gasteiger charge is 2.18. The van der Waals surface area contributed by atoms with E-state index in [2.05, 4.69) is 31.2 Å². The van der Waals surface area contributed by atoms with Gasteiger partial charge in [0, 0.05) is 27.7 Å². The third-order valence-electron chi connectivity index (χ3n) is 4.23. The normalized spacial score (nSPS) is 13.4. The molecule has 1 amide bonds. The van der Waals surface area contributed by atoms with E-state index >= 15 is 0 Å². The second kappa shape index (κ2) is 9.89. The molecule has 3 rings (SSSR count). The van der Waals surface area contributed by atoms with Gasteiger partial charge in [-0.3, -0.25) is 4.79 Å². The van der Waals surface area contributed by atoms with Gasteiger partial charge in [-0.2, -0.15) is 5.26 Å². The maximum Gasteiger partial charge on any atom is 0.261 e. The van der Waals surface area contributed by atoms with Gasteiger partial charge in [0.2, 0.25) is 0 Å². The van der Waals surface area contributed by atoms with Gasteiger partial charge >= 0.3 is 0 Å². The van der Waals surface area contributed by atoms with Crippen LogP contribution in [0.3, 0.4) is 0 Å². The summed E-state index contributed by atoms with van der Waals surface area (Å²) in [5.74, 6) is 2.82. The minimum atomic E-state index is -2.53. The average Bonchev–Trinajstić information content (AvgIpc) is 2.72. The molecule has 1 unspecified atom stereocenters. The molecule has 3 aromatic rings. The number of nitriles is 1. The third kappa shape index (κ3) is 6.21. The summed E-state index contributed by atoms with van der Waals surface area (Å²) in [4.78, 5) is 20.5.